The van der Waals surface area contributed by atoms with Gasteiger partial charge in [0, 0.05) is 31.5 Å². The average molecular weight is 291 g/mol. The van der Waals surface area contributed by atoms with Crippen LogP contribution in [0.2, 0.25) is 0 Å². The standard InChI is InChI=1S/C14H21N5O2/c1-3-8-21-9-4-7-19-14(16-17-18-19)12-6-5-11(15)10-13(12)20-2/h5-6,10H,3-4,7-9,15H2,1-2H3. The Hall–Kier alpha value is -2.15. The molecule has 2 rings (SSSR count). The molecule has 0 unspecified atom stereocenters. The molecule has 1 heterocycles. The smallest absolute Gasteiger partial charge is 0.185 e. The molecule has 0 amide bonds. The van der Waals surface area contributed by atoms with Crippen LogP contribution in [0.25, 0.3) is 11.4 Å². The van der Waals surface area contributed by atoms with E-state index in [9.17, 15) is 0 Å². The van der Waals surface area contributed by atoms with Crippen LogP contribution in [-0.4, -0.2) is 40.5 Å². The van der Waals surface area contributed by atoms with Gasteiger partial charge in [-0.15, -0.1) is 5.10 Å². The summed E-state index contributed by atoms with van der Waals surface area (Å²) < 4.78 is 12.6. The Labute approximate surface area is 124 Å². The molecule has 7 heteroatoms. The highest BCUT2D eigenvalue weighted by Crippen LogP contribution is 2.29. The van der Waals surface area contributed by atoms with Crippen LogP contribution < -0.4 is 10.5 Å². The number of nitrogens with zero attached hydrogens (tertiary/aromatic N) is 4. The highest BCUT2D eigenvalue weighted by molar-refractivity contribution is 5.67. The van der Waals surface area contributed by atoms with Crippen molar-refractivity contribution in [2.45, 2.75) is 26.3 Å². The van der Waals surface area contributed by atoms with Crippen molar-refractivity contribution in [3.63, 3.8) is 0 Å². The Morgan fingerprint density at radius 2 is 2.14 bits per heavy atom. The summed E-state index contributed by atoms with van der Waals surface area (Å²) in [5, 5.41) is 11.8. The molecule has 1 aromatic carbocycles. The first-order valence-corrected chi connectivity index (χ1v) is 7.04. The molecule has 114 valence electrons. The summed E-state index contributed by atoms with van der Waals surface area (Å²) in [6.45, 7) is 4.27. The second-order valence-corrected chi connectivity index (χ2v) is 4.65. The van der Waals surface area contributed by atoms with E-state index in [2.05, 4.69) is 22.4 Å². The molecule has 0 atom stereocenters. The van der Waals surface area contributed by atoms with E-state index in [1.165, 1.54) is 0 Å². The molecule has 0 saturated heterocycles. The van der Waals surface area contributed by atoms with Crippen molar-refractivity contribution in [3.8, 4) is 17.1 Å². The number of hydrogen-bond acceptors (Lipinski definition) is 6. The third kappa shape index (κ3) is 3.91. The molecule has 2 N–H and O–H groups in total. The van der Waals surface area contributed by atoms with Crippen LogP contribution in [0, 0.1) is 0 Å². The maximum atomic E-state index is 5.77. The van der Waals surface area contributed by atoms with Crippen LogP contribution in [0.3, 0.4) is 0 Å². The predicted octanol–water partition coefficient (Wildman–Crippen LogP) is 1.75. The molecule has 0 aliphatic heterocycles. The van der Waals surface area contributed by atoms with Gasteiger partial charge in [0.2, 0.25) is 0 Å². The van der Waals surface area contributed by atoms with Crippen LogP contribution in [0.4, 0.5) is 5.69 Å². The van der Waals surface area contributed by atoms with Crippen molar-refractivity contribution in [2.24, 2.45) is 0 Å². The number of methoxy groups -OCH3 is 1. The van der Waals surface area contributed by atoms with Gasteiger partial charge >= 0.3 is 0 Å². The molecule has 1 aromatic heterocycles. The number of anilines is 1. The van der Waals surface area contributed by atoms with E-state index in [0.717, 1.165) is 25.0 Å². The zero-order chi connectivity index (χ0) is 15.1. The number of tetrazole rings is 1. The van der Waals surface area contributed by atoms with Crippen LogP contribution in [0.5, 0.6) is 5.75 Å². The highest BCUT2D eigenvalue weighted by atomic mass is 16.5. The fourth-order valence-corrected chi connectivity index (χ4v) is 2.00. The topological polar surface area (TPSA) is 88.1 Å². The third-order valence-electron chi connectivity index (χ3n) is 3.01. The zero-order valence-electron chi connectivity index (χ0n) is 12.5. The molecular formula is C14H21N5O2. The molecule has 0 aliphatic rings. The minimum Gasteiger partial charge on any atom is -0.496 e. The molecule has 7 nitrogen and oxygen atoms in total. The molecule has 0 fully saturated rings. The first kappa shape index (κ1) is 15.2. The number of hydrogen-bond donors (Lipinski definition) is 1. The first-order valence-electron chi connectivity index (χ1n) is 7.04. The molecule has 0 aliphatic carbocycles. The lowest BCUT2D eigenvalue weighted by Gasteiger charge is -2.09. The van der Waals surface area contributed by atoms with Crippen molar-refractivity contribution in [2.75, 3.05) is 26.1 Å². The number of benzene rings is 1. The van der Waals surface area contributed by atoms with Gasteiger partial charge in [0.25, 0.3) is 0 Å². The fraction of sp³-hybridized carbons (Fsp3) is 0.500. The van der Waals surface area contributed by atoms with E-state index in [1.807, 2.05) is 6.07 Å². The van der Waals surface area contributed by atoms with Gasteiger partial charge in [-0.1, -0.05) is 6.92 Å². The van der Waals surface area contributed by atoms with Gasteiger partial charge in [-0.2, -0.15) is 0 Å². The monoisotopic (exact) mass is 291 g/mol. The molecule has 0 spiro atoms. The molecule has 0 radical (unpaired) electrons. The normalized spacial score (nSPS) is 10.8. The van der Waals surface area contributed by atoms with Crippen LogP contribution in [0.1, 0.15) is 19.8 Å². The Bertz CT molecular complexity index is 570. The van der Waals surface area contributed by atoms with Gasteiger partial charge in [0.05, 0.1) is 12.7 Å². The molecular weight excluding hydrogens is 270 g/mol. The zero-order valence-corrected chi connectivity index (χ0v) is 12.5. The van der Waals surface area contributed by atoms with Crippen molar-refractivity contribution < 1.29 is 9.47 Å². The van der Waals surface area contributed by atoms with Gasteiger partial charge in [-0.3, -0.25) is 0 Å². The first-order chi connectivity index (χ1) is 10.3. The summed E-state index contributed by atoms with van der Waals surface area (Å²) in [5.41, 5.74) is 7.23. The van der Waals surface area contributed by atoms with Crippen LogP contribution in [-0.2, 0) is 11.3 Å². The van der Waals surface area contributed by atoms with E-state index in [-0.39, 0.29) is 0 Å². The van der Waals surface area contributed by atoms with Gasteiger partial charge in [-0.25, -0.2) is 4.68 Å². The SMILES string of the molecule is CCCOCCCn1nnnc1-c1ccc(N)cc1OC. The molecule has 0 bridgehead atoms. The predicted molar refractivity (Wildman–Crippen MR) is 79.9 cm³/mol. The Morgan fingerprint density at radius 1 is 1.29 bits per heavy atom. The second-order valence-electron chi connectivity index (χ2n) is 4.65. The van der Waals surface area contributed by atoms with Crippen LogP contribution in [0.15, 0.2) is 18.2 Å². The lowest BCUT2D eigenvalue weighted by atomic mass is 10.1. The molecule has 2 aromatic rings. The minimum atomic E-state index is 0.641. The number of nitrogens with two attached hydrogens (primary N) is 1. The number of aryl methyl sites for hydroxylation is 1. The lowest BCUT2D eigenvalue weighted by molar-refractivity contribution is 0.128. The van der Waals surface area contributed by atoms with Gasteiger partial charge < -0.3 is 15.2 Å². The number of ether oxygens (including phenoxy) is 2. The summed E-state index contributed by atoms with van der Waals surface area (Å²) in [4.78, 5) is 0. The van der Waals surface area contributed by atoms with Crippen molar-refractivity contribution in [3.05, 3.63) is 18.2 Å². The van der Waals surface area contributed by atoms with Gasteiger partial charge in [-0.05, 0) is 35.4 Å². The van der Waals surface area contributed by atoms with Gasteiger partial charge in [0.1, 0.15) is 5.75 Å². The lowest BCUT2D eigenvalue weighted by Crippen LogP contribution is -2.07. The summed E-state index contributed by atoms with van der Waals surface area (Å²) in [7, 11) is 1.60. The average Bonchev–Trinajstić information content (AvgIpc) is 2.95. The maximum Gasteiger partial charge on any atom is 0.185 e. The Kier molecular flexibility index (Phi) is 5.51. The molecule has 21 heavy (non-hydrogen) atoms. The van der Waals surface area contributed by atoms with E-state index >= 15 is 0 Å². The van der Waals surface area contributed by atoms with E-state index < -0.39 is 0 Å². The summed E-state index contributed by atoms with van der Waals surface area (Å²) in [6, 6.07) is 5.43. The van der Waals surface area contributed by atoms with Crippen molar-refractivity contribution >= 4 is 5.69 Å². The Balaban J connectivity index is 2.09. The number of aromatic nitrogens is 4. The highest BCUT2D eigenvalue weighted by Gasteiger charge is 2.14. The van der Waals surface area contributed by atoms with E-state index in [0.29, 0.717) is 30.4 Å². The fourth-order valence-electron chi connectivity index (χ4n) is 2.00. The van der Waals surface area contributed by atoms with Crippen molar-refractivity contribution in [1.82, 2.24) is 20.2 Å². The second kappa shape index (κ2) is 7.58. The summed E-state index contributed by atoms with van der Waals surface area (Å²) >= 11 is 0. The largest absolute Gasteiger partial charge is 0.496 e. The minimum absolute atomic E-state index is 0.641. The van der Waals surface area contributed by atoms with E-state index in [4.69, 9.17) is 15.2 Å². The van der Waals surface area contributed by atoms with Gasteiger partial charge in [0.15, 0.2) is 5.82 Å². The number of rotatable bonds is 8. The third-order valence-corrected chi connectivity index (χ3v) is 3.01. The quantitative estimate of drug-likeness (QED) is 0.589. The van der Waals surface area contributed by atoms with Crippen molar-refractivity contribution in [1.29, 1.82) is 0 Å². The maximum absolute atomic E-state index is 5.77. The summed E-state index contributed by atoms with van der Waals surface area (Å²) in [6.07, 6.45) is 1.88. The molecule has 0 saturated carbocycles. The van der Waals surface area contributed by atoms with Crippen LogP contribution >= 0.6 is 0 Å². The Morgan fingerprint density at radius 3 is 2.90 bits per heavy atom. The van der Waals surface area contributed by atoms with E-state index in [1.54, 1.807) is 23.9 Å². The number of nitrogen functional groups attached to an aromatic ring is 1. The summed E-state index contributed by atoms with van der Waals surface area (Å²) in [5.74, 6) is 1.33.